The Kier molecular flexibility index (Phi) is 6.55. The molecule has 0 radical (unpaired) electrons. The number of aryl methyl sites for hydroxylation is 1. The highest BCUT2D eigenvalue weighted by molar-refractivity contribution is 7.99. The topological polar surface area (TPSA) is 92.3 Å². The van der Waals surface area contributed by atoms with Gasteiger partial charge in [0.1, 0.15) is 0 Å². The summed E-state index contributed by atoms with van der Waals surface area (Å²) in [6, 6.07) is 9.89. The van der Waals surface area contributed by atoms with Crippen LogP contribution < -0.4 is 10.6 Å². The Balaban J connectivity index is 1.75. The lowest BCUT2D eigenvalue weighted by Crippen LogP contribution is -2.25. The van der Waals surface area contributed by atoms with E-state index in [4.69, 9.17) is 11.6 Å². The second-order valence-corrected chi connectivity index (χ2v) is 10.8. The SMILES string of the molecule is Cc1ccc(NC(=O)C[C@H](C)S(=O)(=O)c2ccc3c(c2)NC(=O)CCS3)c(Cl)c1. The highest BCUT2D eigenvalue weighted by Gasteiger charge is 2.27. The van der Waals surface area contributed by atoms with E-state index >= 15 is 0 Å². The number of carbonyl (C=O) groups excluding carboxylic acids is 2. The molecule has 1 aliphatic rings. The van der Waals surface area contributed by atoms with Gasteiger partial charge in [-0.2, -0.15) is 0 Å². The average Bonchev–Trinajstić information content (AvgIpc) is 2.83. The first-order valence-electron chi connectivity index (χ1n) is 9.03. The number of amides is 2. The highest BCUT2D eigenvalue weighted by atomic mass is 35.5. The Labute approximate surface area is 179 Å². The average molecular weight is 453 g/mol. The molecular weight excluding hydrogens is 432 g/mol. The van der Waals surface area contributed by atoms with Gasteiger partial charge in [-0.3, -0.25) is 9.59 Å². The summed E-state index contributed by atoms with van der Waals surface area (Å²) in [6.45, 7) is 3.37. The number of nitrogens with one attached hydrogen (secondary N) is 2. The second-order valence-electron chi connectivity index (χ2n) is 6.90. The smallest absolute Gasteiger partial charge is 0.225 e. The highest BCUT2D eigenvalue weighted by Crippen LogP contribution is 2.33. The van der Waals surface area contributed by atoms with Gasteiger partial charge < -0.3 is 10.6 Å². The standard InChI is InChI=1S/C20H21ClN2O4S2/c1-12-3-5-16(15(21)9-12)22-20(25)10-13(2)29(26,27)14-4-6-18-17(11-14)23-19(24)7-8-28-18/h3-6,9,11,13H,7-8,10H2,1-2H3,(H,22,25)(H,23,24)/t13-/m0/s1. The largest absolute Gasteiger partial charge is 0.325 e. The lowest BCUT2D eigenvalue weighted by Gasteiger charge is -2.15. The Morgan fingerprint density at radius 1 is 1.28 bits per heavy atom. The fourth-order valence-corrected chi connectivity index (χ4v) is 5.50. The molecule has 3 rings (SSSR count). The third-order valence-electron chi connectivity index (χ3n) is 4.54. The number of benzene rings is 2. The van der Waals surface area contributed by atoms with Crippen molar-refractivity contribution >= 4 is 56.4 Å². The molecule has 2 N–H and O–H groups in total. The molecule has 0 fully saturated rings. The Morgan fingerprint density at radius 2 is 2.03 bits per heavy atom. The summed E-state index contributed by atoms with van der Waals surface area (Å²) in [5, 5.41) is 4.85. The summed E-state index contributed by atoms with van der Waals surface area (Å²) in [4.78, 5) is 25.0. The number of rotatable bonds is 5. The van der Waals surface area contributed by atoms with Crippen molar-refractivity contribution in [1.82, 2.24) is 0 Å². The van der Waals surface area contributed by atoms with Gasteiger partial charge in [0.15, 0.2) is 9.84 Å². The summed E-state index contributed by atoms with van der Waals surface area (Å²) in [5.41, 5.74) is 1.88. The van der Waals surface area contributed by atoms with Crippen molar-refractivity contribution in [1.29, 1.82) is 0 Å². The monoisotopic (exact) mass is 452 g/mol. The van der Waals surface area contributed by atoms with Crippen LogP contribution in [0, 0.1) is 6.92 Å². The molecule has 0 saturated carbocycles. The molecule has 0 bridgehead atoms. The molecule has 9 heteroatoms. The summed E-state index contributed by atoms with van der Waals surface area (Å²) in [6.07, 6.45) is 0.157. The number of fused-ring (bicyclic) bond motifs is 1. The molecule has 1 atom stereocenters. The van der Waals surface area contributed by atoms with Gasteiger partial charge in [-0.05, 0) is 49.7 Å². The minimum atomic E-state index is -3.76. The first-order chi connectivity index (χ1) is 13.7. The maximum atomic E-state index is 13.0. The lowest BCUT2D eigenvalue weighted by atomic mass is 10.2. The van der Waals surface area contributed by atoms with E-state index < -0.39 is 21.0 Å². The summed E-state index contributed by atoms with van der Waals surface area (Å²) >= 11 is 7.62. The normalized spacial score (nSPS) is 15.1. The maximum absolute atomic E-state index is 13.0. The van der Waals surface area contributed by atoms with Gasteiger partial charge in [0.05, 0.1) is 26.5 Å². The number of sulfone groups is 1. The van der Waals surface area contributed by atoms with Crippen LogP contribution in [0.4, 0.5) is 11.4 Å². The zero-order valence-electron chi connectivity index (χ0n) is 16.0. The predicted octanol–water partition coefficient (Wildman–Crippen LogP) is 4.27. The van der Waals surface area contributed by atoms with Crippen molar-refractivity contribution in [2.45, 2.75) is 41.7 Å². The lowest BCUT2D eigenvalue weighted by molar-refractivity contribution is -0.116. The zero-order chi connectivity index (χ0) is 21.2. The Hall–Kier alpha value is -2.03. The van der Waals surface area contributed by atoms with E-state index in [1.165, 1.54) is 30.8 Å². The number of hydrogen-bond acceptors (Lipinski definition) is 5. The van der Waals surface area contributed by atoms with Gasteiger partial charge in [0.2, 0.25) is 11.8 Å². The number of carbonyl (C=O) groups is 2. The van der Waals surface area contributed by atoms with Crippen molar-refractivity contribution in [3.63, 3.8) is 0 Å². The van der Waals surface area contributed by atoms with Crippen LogP contribution in [-0.4, -0.2) is 31.2 Å². The van der Waals surface area contributed by atoms with Crippen LogP contribution in [0.15, 0.2) is 46.2 Å². The Morgan fingerprint density at radius 3 is 2.76 bits per heavy atom. The van der Waals surface area contributed by atoms with Crippen LogP contribution in [0.25, 0.3) is 0 Å². The van der Waals surface area contributed by atoms with Crippen molar-refractivity contribution < 1.29 is 18.0 Å². The molecule has 0 saturated heterocycles. The van der Waals surface area contributed by atoms with Crippen molar-refractivity contribution in [2.24, 2.45) is 0 Å². The molecule has 2 amide bonds. The molecule has 0 spiro atoms. The van der Waals surface area contributed by atoms with Gasteiger partial charge in [0.25, 0.3) is 0 Å². The van der Waals surface area contributed by atoms with Crippen LogP contribution in [0.1, 0.15) is 25.3 Å². The first kappa shape index (κ1) is 21.7. The molecule has 2 aromatic rings. The summed E-state index contributed by atoms with van der Waals surface area (Å²) in [7, 11) is -3.76. The van der Waals surface area contributed by atoms with E-state index in [9.17, 15) is 18.0 Å². The van der Waals surface area contributed by atoms with Gasteiger partial charge in [-0.1, -0.05) is 17.7 Å². The quantitative estimate of drug-likeness (QED) is 0.706. The first-order valence-corrected chi connectivity index (χ1v) is 11.9. The van der Waals surface area contributed by atoms with Gasteiger partial charge in [-0.15, -0.1) is 11.8 Å². The summed E-state index contributed by atoms with van der Waals surface area (Å²) in [5.74, 6) is 0.0574. The van der Waals surface area contributed by atoms with E-state index in [1.54, 1.807) is 18.2 Å². The fraction of sp³-hybridized carbons (Fsp3) is 0.300. The molecule has 1 aliphatic heterocycles. The van der Waals surface area contributed by atoms with E-state index in [0.717, 1.165) is 10.5 Å². The molecule has 154 valence electrons. The zero-order valence-corrected chi connectivity index (χ0v) is 18.4. The molecule has 0 aliphatic carbocycles. The van der Waals surface area contributed by atoms with Gasteiger partial charge in [-0.25, -0.2) is 8.42 Å². The molecule has 0 unspecified atom stereocenters. The van der Waals surface area contributed by atoms with Gasteiger partial charge >= 0.3 is 0 Å². The summed E-state index contributed by atoms with van der Waals surface area (Å²) < 4.78 is 25.9. The molecule has 2 aromatic carbocycles. The minimum absolute atomic E-state index is 0.0766. The van der Waals surface area contributed by atoms with E-state index in [0.29, 0.717) is 28.6 Å². The van der Waals surface area contributed by atoms with Crippen molar-refractivity contribution in [2.75, 3.05) is 16.4 Å². The minimum Gasteiger partial charge on any atom is -0.325 e. The van der Waals surface area contributed by atoms with E-state index in [2.05, 4.69) is 10.6 Å². The molecular formula is C20H21ClN2O4S2. The maximum Gasteiger partial charge on any atom is 0.225 e. The van der Waals surface area contributed by atoms with Crippen LogP contribution in [-0.2, 0) is 19.4 Å². The van der Waals surface area contributed by atoms with Crippen LogP contribution in [0.3, 0.4) is 0 Å². The molecule has 29 heavy (non-hydrogen) atoms. The predicted molar refractivity (Wildman–Crippen MR) is 116 cm³/mol. The Bertz CT molecular complexity index is 1070. The molecule has 1 heterocycles. The van der Waals surface area contributed by atoms with Crippen LogP contribution >= 0.6 is 23.4 Å². The number of anilines is 2. The van der Waals surface area contributed by atoms with Crippen molar-refractivity contribution in [3.05, 3.63) is 47.0 Å². The third-order valence-corrected chi connectivity index (χ3v) is 8.07. The van der Waals surface area contributed by atoms with E-state index in [-0.39, 0.29) is 17.2 Å². The number of hydrogen-bond donors (Lipinski definition) is 2. The van der Waals surface area contributed by atoms with Crippen molar-refractivity contribution in [3.8, 4) is 0 Å². The van der Waals surface area contributed by atoms with Gasteiger partial charge in [0, 0.05) is 23.5 Å². The molecule has 6 nitrogen and oxygen atoms in total. The second kappa shape index (κ2) is 8.77. The van der Waals surface area contributed by atoms with Crippen LogP contribution in [0.2, 0.25) is 5.02 Å². The fourth-order valence-electron chi connectivity index (χ4n) is 2.90. The third kappa shape index (κ3) is 5.12. The number of thioether (sulfide) groups is 1. The van der Waals surface area contributed by atoms with E-state index in [1.807, 2.05) is 13.0 Å². The number of halogens is 1. The van der Waals surface area contributed by atoms with Crippen LogP contribution in [0.5, 0.6) is 0 Å². The molecule has 0 aromatic heterocycles.